The standard InChI is InChI=1S/C22H23Cl3N2O/c1-4-5-12-22(3,28)20-14(2)27(17-9-6-15(23)7-10-17)21(26-20)18-11-8-16(24)13-19(18)25/h6-11,13,28H,4-5,12H2,1-3H3. The minimum atomic E-state index is -1.04. The zero-order chi connectivity index (χ0) is 20.5. The van der Waals surface area contributed by atoms with E-state index in [9.17, 15) is 5.11 Å². The van der Waals surface area contributed by atoms with E-state index < -0.39 is 5.60 Å². The number of unbranched alkanes of at least 4 members (excludes halogenated alkanes) is 1. The van der Waals surface area contributed by atoms with Crippen molar-refractivity contribution in [3.8, 4) is 17.1 Å². The van der Waals surface area contributed by atoms with Crippen LogP contribution in [0.5, 0.6) is 0 Å². The molecule has 0 aliphatic heterocycles. The van der Waals surface area contributed by atoms with Crippen LogP contribution in [0.25, 0.3) is 17.1 Å². The van der Waals surface area contributed by atoms with Crippen molar-refractivity contribution in [3.63, 3.8) is 0 Å². The molecule has 3 nitrogen and oxygen atoms in total. The van der Waals surface area contributed by atoms with Gasteiger partial charge in [-0.15, -0.1) is 0 Å². The minimum Gasteiger partial charge on any atom is -0.384 e. The molecule has 3 aromatic rings. The average Bonchev–Trinajstić information content (AvgIpc) is 2.99. The van der Waals surface area contributed by atoms with Gasteiger partial charge in [-0.05, 0) is 62.7 Å². The largest absolute Gasteiger partial charge is 0.384 e. The molecule has 0 saturated carbocycles. The Hall–Kier alpha value is -1.52. The summed E-state index contributed by atoms with van der Waals surface area (Å²) in [5.74, 6) is 0.660. The van der Waals surface area contributed by atoms with Gasteiger partial charge in [-0.25, -0.2) is 4.98 Å². The van der Waals surface area contributed by atoms with E-state index in [4.69, 9.17) is 39.8 Å². The van der Waals surface area contributed by atoms with Gasteiger partial charge in [0.15, 0.2) is 0 Å². The number of imidazole rings is 1. The van der Waals surface area contributed by atoms with E-state index in [1.165, 1.54) is 0 Å². The highest BCUT2D eigenvalue weighted by Crippen LogP contribution is 2.37. The Morgan fingerprint density at radius 2 is 1.68 bits per heavy atom. The first-order chi connectivity index (χ1) is 13.2. The van der Waals surface area contributed by atoms with Gasteiger partial charge in [0.2, 0.25) is 0 Å². The summed E-state index contributed by atoms with van der Waals surface area (Å²) < 4.78 is 2.00. The summed E-state index contributed by atoms with van der Waals surface area (Å²) in [7, 11) is 0. The fourth-order valence-electron chi connectivity index (χ4n) is 3.41. The van der Waals surface area contributed by atoms with Gasteiger partial charge in [0.05, 0.1) is 10.7 Å². The van der Waals surface area contributed by atoms with E-state index in [2.05, 4.69) is 6.92 Å². The van der Waals surface area contributed by atoms with Gasteiger partial charge in [-0.2, -0.15) is 0 Å². The van der Waals surface area contributed by atoms with E-state index in [1.807, 2.05) is 48.7 Å². The molecule has 0 amide bonds. The van der Waals surface area contributed by atoms with E-state index in [1.54, 1.807) is 12.1 Å². The molecule has 28 heavy (non-hydrogen) atoms. The number of aromatic nitrogens is 2. The summed E-state index contributed by atoms with van der Waals surface area (Å²) in [5.41, 5.74) is 2.13. The van der Waals surface area contributed by atoms with Crippen LogP contribution in [-0.2, 0) is 5.60 Å². The molecule has 0 aliphatic rings. The molecule has 3 rings (SSSR count). The van der Waals surface area contributed by atoms with Gasteiger partial charge in [0.25, 0.3) is 0 Å². The number of halogens is 3. The maximum Gasteiger partial charge on any atom is 0.146 e. The van der Waals surface area contributed by atoms with Gasteiger partial charge in [0, 0.05) is 27.0 Å². The summed E-state index contributed by atoms with van der Waals surface area (Å²) in [6.07, 6.45) is 2.55. The van der Waals surface area contributed by atoms with E-state index in [-0.39, 0.29) is 0 Å². The molecule has 0 spiro atoms. The third kappa shape index (κ3) is 4.23. The van der Waals surface area contributed by atoms with Crippen molar-refractivity contribution in [2.24, 2.45) is 0 Å². The minimum absolute atomic E-state index is 0.507. The zero-order valence-electron chi connectivity index (χ0n) is 16.1. The van der Waals surface area contributed by atoms with Crippen LogP contribution < -0.4 is 0 Å². The second kappa shape index (κ2) is 8.46. The first-order valence-corrected chi connectivity index (χ1v) is 10.4. The molecule has 0 saturated heterocycles. The Morgan fingerprint density at radius 1 is 1.04 bits per heavy atom. The Morgan fingerprint density at radius 3 is 2.29 bits per heavy atom. The predicted octanol–water partition coefficient (Wildman–Crippen LogP) is 7.21. The topological polar surface area (TPSA) is 38.1 Å². The highest BCUT2D eigenvalue weighted by Gasteiger charge is 2.31. The molecule has 6 heteroatoms. The lowest BCUT2D eigenvalue weighted by Crippen LogP contribution is -2.23. The third-order valence-corrected chi connectivity index (χ3v) is 5.69. The van der Waals surface area contributed by atoms with E-state index >= 15 is 0 Å². The highest BCUT2D eigenvalue weighted by molar-refractivity contribution is 6.36. The van der Waals surface area contributed by atoms with E-state index in [0.717, 1.165) is 29.8 Å². The van der Waals surface area contributed by atoms with Crippen LogP contribution in [-0.4, -0.2) is 14.7 Å². The monoisotopic (exact) mass is 436 g/mol. The Labute approximate surface area is 180 Å². The lowest BCUT2D eigenvalue weighted by molar-refractivity contribution is 0.0406. The smallest absolute Gasteiger partial charge is 0.146 e. The lowest BCUT2D eigenvalue weighted by Gasteiger charge is -2.22. The van der Waals surface area contributed by atoms with Crippen LogP contribution >= 0.6 is 34.8 Å². The Balaban J connectivity index is 2.24. The lowest BCUT2D eigenvalue weighted by atomic mass is 9.94. The second-order valence-corrected chi connectivity index (χ2v) is 8.46. The third-order valence-electron chi connectivity index (χ3n) is 4.89. The zero-order valence-corrected chi connectivity index (χ0v) is 18.4. The van der Waals surface area contributed by atoms with Crippen LogP contribution in [0.1, 0.15) is 44.5 Å². The van der Waals surface area contributed by atoms with Gasteiger partial charge in [-0.1, -0.05) is 54.6 Å². The molecule has 1 N–H and O–H groups in total. The van der Waals surface area contributed by atoms with Crippen LogP contribution in [0.15, 0.2) is 42.5 Å². The molecule has 1 atom stereocenters. The number of benzene rings is 2. The molecule has 1 aromatic heterocycles. The van der Waals surface area contributed by atoms with Gasteiger partial charge in [0.1, 0.15) is 11.4 Å². The van der Waals surface area contributed by atoms with Crippen molar-refractivity contribution in [2.75, 3.05) is 0 Å². The molecular formula is C22H23Cl3N2O. The second-order valence-electron chi connectivity index (χ2n) is 7.18. The molecule has 148 valence electrons. The molecule has 0 bridgehead atoms. The average molecular weight is 438 g/mol. The molecule has 0 fully saturated rings. The molecule has 0 aliphatic carbocycles. The van der Waals surface area contributed by atoms with Crippen LogP contribution in [0.2, 0.25) is 15.1 Å². The van der Waals surface area contributed by atoms with Crippen molar-refractivity contribution < 1.29 is 5.11 Å². The van der Waals surface area contributed by atoms with E-state index in [0.29, 0.717) is 33.0 Å². The predicted molar refractivity (Wildman–Crippen MR) is 118 cm³/mol. The SMILES string of the molecule is CCCCC(C)(O)c1nc(-c2ccc(Cl)cc2Cl)n(-c2ccc(Cl)cc2)c1C. The summed E-state index contributed by atoms with van der Waals surface area (Å²) in [5, 5.41) is 12.9. The van der Waals surface area contributed by atoms with Gasteiger partial charge < -0.3 is 5.11 Å². The first-order valence-electron chi connectivity index (χ1n) is 9.28. The van der Waals surface area contributed by atoms with Crippen molar-refractivity contribution in [2.45, 2.75) is 45.6 Å². The fraction of sp³-hybridized carbons (Fsp3) is 0.318. The number of aliphatic hydroxyl groups is 1. The molecule has 2 aromatic carbocycles. The summed E-state index contributed by atoms with van der Waals surface area (Å²) in [6.45, 7) is 5.89. The van der Waals surface area contributed by atoms with Crippen LogP contribution in [0.4, 0.5) is 0 Å². The van der Waals surface area contributed by atoms with Crippen molar-refractivity contribution in [3.05, 3.63) is 68.9 Å². The number of nitrogens with zero attached hydrogens (tertiary/aromatic N) is 2. The maximum atomic E-state index is 11.1. The van der Waals surface area contributed by atoms with Crippen molar-refractivity contribution in [1.29, 1.82) is 0 Å². The molecule has 1 heterocycles. The van der Waals surface area contributed by atoms with Gasteiger partial charge >= 0.3 is 0 Å². The normalized spacial score (nSPS) is 13.5. The first kappa shape index (κ1) is 21.2. The Bertz CT molecular complexity index is 978. The quantitative estimate of drug-likeness (QED) is 0.442. The molecular weight excluding hydrogens is 415 g/mol. The molecule has 1 unspecified atom stereocenters. The van der Waals surface area contributed by atoms with Crippen LogP contribution in [0, 0.1) is 6.92 Å². The van der Waals surface area contributed by atoms with Crippen molar-refractivity contribution in [1.82, 2.24) is 9.55 Å². The summed E-state index contributed by atoms with van der Waals surface area (Å²) in [4.78, 5) is 4.85. The highest BCUT2D eigenvalue weighted by atomic mass is 35.5. The summed E-state index contributed by atoms with van der Waals surface area (Å²) in [6, 6.07) is 12.8. The maximum absolute atomic E-state index is 11.1. The van der Waals surface area contributed by atoms with Crippen LogP contribution in [0.3, 0.4) is 0 Å². The number of hydrogen-bond donors (Lipinski definition) is 1. The number of hydrogen-bond acceptors (Lipinski definition) is 2. The molecule has 0 radical (unpaired) electrons. The van der Waals surface area contributed by atoms with Crippen molar-refractivity contribution >= 4 is 34.8 Å². The van der Waals surface area contributed by atoms with Gasteiger partial charge in [-0.3, -0.25) is 4.57 Å². The number of rotatable bonds is 6. The fourth-order valence-corrected chi connectivity index (χ4v) is 4.03. The summed E-state index contributed by atoms with van der Waals surface area (Å²) >= 11 is 18.6. The Kier molecular flexibility index (Phi) is 6.41.